The van der Waals surface area contributed by atoms with Gasteiger partial charge in [-0.2, -0.15) is 0 Å². The van der Waals surface area contributed by atoms with Crippen LogP contribution in [0, 0.1) is 13.8 Å². The van der Waals surface area contributed by atoms with Crippen molar-refractivity contribution in [3.63, 3.8) is 0 Å². The maximum Gasteiger partial charge on any atom is 0.251 e. The molecule has 0 bridgehead atoms. The lowest BCUT2D eigenvalue weighted by Crippen LogP contribution is -2.24. The summed E-state index contributed by atoms with van der Waals surface area (Å²) in [4.78, 5) is 18.2. The molecule has 1 atom stereocenters. The van der Waals surface area contributed by atoms with Crippen LogP contribution in [0.25, 0.3) is 10.6 Å². The van der Waals surface area contributed by atoms with Crippen molar-refractivity contribution >= 4 is 17.2 Å². The second-order valence-corrected chi connectivity index (χ2v) is 7.83. The zero-order chi connectivity index (χ0) is 17.6. The molecule has 0 aliphatic carbocycles. The van der Waals surface area contributed by atoms with Crippen molar-refractivity contribution < 1.29 is 9.53 Å². The van der Waals surface area contributed by atoms with E-state index in [-0.39, 0.29) is 5.91 Å². The SMILES string of the molecule is Cc1nc(-c2cccc(C(=O)NCCCC[C@H]3CCCO3)c2)sc1C. The molecule has 0 radical (unpaired) electrons. The van der Waals surface area contributed by atoms with E-state index in [9.17, 15) is 4.79 Å². The van der Waals surface area contributed by atoms with Gasteiger partial charge in [0, 0.05) is 29.2 Å². The number of benzene rings is 1. The van der Waals surface area contributed by atoms with Gasteiger partial charge >= 0.3 is 0 Å². The smallest absolute Gasteiger partial charge is 0.251 e. The highest BCUT2D eigenvalue weighted by atomic mass is 32.1. The molecular formula is C20H26N2O2S. The van der Waals surface area contributed by atoms with Crippen molar-refractivity contribution in [2.45, 2.75) is 52.1 Å². The molecule has 0 spiro atoms. The van der Waals surface area contributed by atoms with Gasteiger partial charge in [0.25, 0.3) is 5.91 Å². The molecule has 134 valence electrons. The number of carbonyl (C=O) groups is 1. The van der Waals surface area contributed by atoms with Crippen LogP contribution in [0.5, 0.6) is 0 Å². The number of rotatable bonds is 7. The minimum atomic E-state index is -0.0102. The summed E-state index contributed by atoms with van der Waals surface area (Å²) in [7, 11) is 0. The van der Waals surface area contributed by atoms with Crippen molar-refractivity contribution in [1.82, 2.24) is 10.3 Å². The molecule has 1 aromatic carbocycles. The lowest BCUT2D eigenvalue weighted by Gasteiger charge is -2.09. The molecule has 1 fully saturated rings. The Kier molecular flexibility index (Phi) is 6.21. The van der Waals surface area contributed by atoms with E-state index in [1.807, 2.05) is 31.2 Å². The van der Waals surface area contributed by atoms with Gasteiger partial charge in [-0.1, -0.05) is 12.1 Å². The van der Waals surface area contributed by atoms with Gasteiger partial charge in [-0.15, -0.1) is 11.3 Å². The molecule has 1 amide bonds. The average Bonchev–Trinajstić information content (AvgIpc) is 3.25. The normalized spacial score (nSPS) is 17.0. The average molecular weight is 359 g/mol. The fraction of sp³-hybridized carbons (Fsp3) is 0.500. The van der Waals surface area contributed by atoms with Crippen LogP contribution >= 0.6 is 11.3 Å². The van der Waals surface area contributed by atoms with Crippen LogP contribution in [0.4, 0.5) is 0 Å². The Bertz CT molecular complexity index is 701. The molecule has 25 heavy (non-hydrogen) atoms. The Morgan fingerprint density at radius 1 is 1.36 bits per heavy atom. The zero-order valence-corrected chi connectivity index (χ0v) is 15.8. The fourth-order valence-electron chi connectivity index (χ4n) is 3.06. The summed E-state index contributed by atoms with van der Waals surface area (Å²) in [6, 6.07) is 7.72. The first-order valence-corrected chi connectivity index (χ1v) is 9.89. The van der Waals surface area contributed by atoms with Gasteiger partial charge in [-0.3, -0.25) is 4.79 Å². The van der Waals surface area contributed by atoms with Gasteiger partial charge in [0.05, 0.1) is 11.8 Å². The number of hydrogen-bond donors (Lipinski definition) is 1. The number of amides is 1. The second kappa shape index (κ2) is 8.59. The predicted molar refractivity (Wildman–Crippen MR) is 102 cm³/mol. The summed E-state index contributed by atoms with van der Waals surface area (Å²) in [6.07, 6.45) is 6.02. The second-order valence-electron chi connectivity index (χ2n) is 6.63. The predicted octanol–water partition coefficient (Wildman–Crippen LogP) is 4.51. The Labute approximate surface area is 153 Å². The van der Waals surface area contributed by atoms with Crippen LogP contribution in [0.2, 0.25) is 0 Å². The number of thiazole rings is 1. The molecule has 0 saturated carbocycles. The highest BCUT2D eigenvalue weighted by molar-refractivity contribution is 7.15. The molecule has 1 N–H and O–H groups in total. The van der Waals surface area contributed by atoms with Crippen LogP contribution in [0.1, 0.15) is 53.0 Å². The lowest BCUT2D eigenvalue weighted by molar-refractivity contribution is 0.0947. The van der Waals surface area contributed by atoms with Crippen LogP contribution in [0.3, 0.4) is 0 Å². The van der Waals surface area contributed by atoms with Gasteiger partial charge in [-0.25, -0.2) is 4.98 Å². The van der Waals surface area contributed by atoms with Gasteiger partial charge in [0.15, 0.2) is 0 Å². The third kappa shape index (κ3) is 4.89. The van der Waals surface area contributed by atoms with E-state index in [4.69, 9.17) is 4.74 Å². The lowest BCUT2D eigenvalue weighted by atomic mass is 10.1. The third-order valence-corrected chi connectivity index (χ3v) is 5.78. The Morgan fingerprint density at radius 2 is 2.24 bits per heavy atom. The Morgan fingerprint density at radius 3 is 2.96 bits per heavy atom. The number of unbranched alkanes of at least 4 members (excludes halogenated alkanes) is 1. The first-order valence-electron chi connectivity index (χ1n) is 9.08. The summed E-state index contributed by atoms with van der Waals surface area (Å²) in [6.45, 7) is 5.72. The molecule has 0 unspecified atom stereocenters. The van der Waals surface area contributed by atoms with Gasteiger partial charge in [-0.05, 0) is 58.1 Å². The van der Waals surface area contributed by atoms with Gasteiger partial charge in [0.1, 0.15) is 5.01 Å². The van der Waals surface area contributed by atoms with Crippen molar-refractivity contribution in [2.75, 3.05) is 13.2 Å². The topological polar surface area (TPSA) is 51.2 Å². The molecular weight excluding hydrogens is 332 g/mol. The quantitative estimate of drug-likeness (QED) is 0.741. The minimum absolute atomic E-state index is 0.0102. The molecule has 3 rings (SSSR count). The van der Waals surface area contributed by atoms with E-state index >= 15 is 0 Å². The molecule has 1 aromatic heterocycles. The van der Waals surface area contributed by atoms with Crippen LogP contribution < -0.4 is 5.32 Å². The summed E-state index contributed by atoms with van der Waals surface area (Å²) in [5.74, 6) is -0.0102. The molecule has 2 aromatic rings. The first kappa shape index (κ1) is 18.1. The third-order valence-electron chi connectivity index (χ3n) is 4.66. The Balaban J connectivity index is 1.49. The summed E-state index contributed by atoms with van der Waals surface area (Å²) in [5, 5.41) is 4.00. The number of carbonyl (C=O) groups excluding carboxylic acids is 1. The number of nitrogens with one attached hydrogen (secondary N) is 1. The maximum absolute atomic E-state index is 12.4. The number of ether oxygens (including phenoxy) is 1. The molecule has 4 nitrogen and oxygen atoms in total. The Hall–Kier alpha value is -1.72. The molecule has 2 heterocycles. The van der Waals surface area contributed by atoms with E-state index in [2.05, 4.69) is 17.2 Å². The van der Waals surface area contributed by atoms with Crippen molar-refractivity contribution in [2.24, 2.45) is 0 Å². The van der Waals surface area contributed by atoms with E-state index in [1.54, 1.807) is 11.3 Å². The largest absolute Gasteiger partial charge is 0.378 e. The summed E-state index contributed by atoms with van der Waals surface area (Å²) in [5.41, 5.74) is 2.76. The standard InChI is InChI=1S/C20H26N2O2S/c1-14-15(2)25-20(22-14)17-8-5-7-16(13-17)19(23)21-11-4-3-9-18-10-6-12-24-18/h5,7-8,13,18H,3-4,6,9-12H2,1-2H3,(H,21,23)/t18-/m0/s1. The fourth-order valence-corrected chi connectivity index (χ4v) is 3.97. The number of nitrogens with zero attached hydrogens (tertiary/aromatic N) is 1. The molecule has 5 heteroatoms. The van der Waals surface area contributed by atoms with Crippen LogP contribution in [0.15, 0.2) is 24.3 Å². The number of aryl methyl sites for hydroxylation is 2. The zero-order valence-electron chi connectivity index (χ0n) is 15.0. The van der Waals surface area contributed by atoms with Gasteiger partial charge < -0.3 is 10.1 Å². The van der Waals surface area contributed by atoms with Crippen molar-refractivity contribution in [3.05, 3.63) is 40.4 Å². The summed E-state index contributed by atoms with van der Waals surface area (Å²) >= 11 is 1.67. The van der Waals surface area contributed by atoms with Crippen LogP contribution in [-0.4, -0.2) is 30.1 Å². The van der Waals surface area contributed by atoms with E-state index in [1.165, 1.54) is 17.7 Å². The first-order chi connectivity index (χ1) is 12.1. The monoisotopic (exact) mass is 358 g/mol. The number of hydrogen-bond acceptors (Lipinski definition) is 4. The molecule has 1 aliphatic heterocycles. The highest BCUT2D eigenvalue weighted by Gasteiger charge is 2.14. The molecule has 1 saturated heterocycles. The highest BCUT2D eigenvalue weighted by Crippen LogP contribution is 2.27. The van der Waals surface area contributed by atoms with Crippen molar-refractivity contribution in [1.29, 1.82) is 0 Å². The number of aromatic nitrogens is 1. The summed E-state index contributed by atoms with van der Waals surface area (Å²) < 4.78 is 5.62. The van der Waals surface area contributed by atoms with E-state index in [0.29, 0.717) is 18.2 Å². The maximum atomic E-state index is 12.4. The van der Waals surface area contributed by atoms with Gasteiger partial charge in [0.2, 0.25) is 0 Å². The van der Waals surface area contributed by atoms with Crippen LogP contribution in [-0.2, 0) is 4.74 Å². The van der Waals surface area contributed by atoms with E-state index < -0.39 is 0 Å². The van der Waals surface area contributed by atoms with E-state index in [0.717, 1.165) is 42.1 Å². The molecule has 1 aliphatic rings. The van der Waals surface area contributed by atoms with Crippen molar-refractivity contribution in [3.8, 4) is 10.6 Å². The minimum Gasteiger partial charge on any atom is -0.378 e.